The second kappa shape index (κ2) is 8.12. The first-order chi connectivity index (χ1) is 13.6. The predicted molar refractivity (Wildman–Crippen MR) is 110 cm³/mol. The van der Waals surface area contributed by atoms with E-state index in [9.17, 15) is 9.18 Å². The molecule has 0 radical (unpaired) electrons. The van der Waals surface area contributed by atoms with Crippen LogP contribution in [0.15, 0.2) is 76.9 Å². The SMILES string of the molecule is O=c1c2ccccc2nc(SCc2c(F)cccc2Cl)n1Cc1cccnc1. The zero-order valence-corrected chi connectivity index (χ0v) is 16.3. The number of pyridine rings is 1. The van der Waals surface area contributed by atoms with Gasteiger partial charge in [-0.05, 0) is 35.9 Å². The quantitative estimate of drug-likeness (QED) is 0.345. The molecule has 28 heavy (non-hydrogen) atoms. The van der Waals surface area contributed by atoms with Gasteiger partial charge in [-0.25, -0.2) is 9.37 Å². The monoisotopic (exact) mass is 411 g/mol. The average molecular weight is 412 g/mol. The third kappa shape index (κ3) is 3.79. The maximum absolute atomic E-state index is 14.1. The minimum absolute atomic E-state index is 0.142. The van der Waals surface area contributed by atoms with Crippen molar-refractivity contribution >= 4 is 34.3 Å². The molecule has 4 nitrogen and oxygen atoms in total. The molecule has 7 heteroatoms. The van der Waals surface area contributed by atoms with E-state index in [0.717, 1.165) is 5.56 Å². The topological polar surface area (TPSA) is 47.8 Å². The molecule has 0 aliphatic heterocycles. The lowest BCUT2D eigenvalue weighted by Crippen LogP contribution is -2.24. The molecule has 140 valence electrons. The van der Waals surface area contributed by atoms with Crippen LogP contribution in [0, 0.1) is 5.82 Å². The molecule has 2 heterocycles. The highest BCUT2D eigenvalue weighted by Gasteiger charge is 2.14. The van der Waals surface area contributed by atoms with Crippen LogP contribution in [0.25, 0.3) is 10.9 Å². The molecular formula is C21H15ClFN3OS. The molecule has 4 aromatic rings. The largest absolute Gasteiger partial charge is 0.283 e. The number of benzene rings is 2. The number of nitrogens with zero attached hydrogens (tertiary/aromatic N) is 3. The summed E-state index contributed by atoms with van der Waals surface area (Å²) in [4.78, 5) is 21.8. The first kappa shape index (κ1) is 18.7. The Morgan fingerprint density at radius 1 is 1.07 bits per heavy atom. The molecule has 0 aliphatic carbocycles. The highest BCUT2D eigenvalue weighted by molar-refractivity contribution is 7.98. The van der Waals surface area contributed by atoms with Crippen LogP contribution in [0.2, 0.25) is 5.02 Å². The van der Waals surface area contributed by atoms with Crippen LogP contribution in [-0.4, -0.2) is 14.5 Å². The summed E-state index contributed by atoms with van der Waals surface area (Å²) < 4.78 is 15.7. The van der Waals surface area contributed by atoms with Crippen molar-refractivity contribution in [1.82, 2.24) is 14.5 Å². The number of para-hydroxylation sites is 1. The van der Waals surface area contributed by atoms with E-state index in [1.54, 1.807) is 41.2 Å². The molecule has 0 amide bonds. The summed E-state index contributed by atoms with van der Waals surface area (Å²) in [6.45, 7) is 0.331. The normalized spacial score (nSPS) is 11.1. The zero-order chi connectivity index (χ0) is 19.5. The summed E-state index contributed by atoms with van der Waals surface area (Å²) in [6, 6.07) is 15.5. The fourth-order valence-electron chi connectivity index (χ4n) is 2.88. The third-order valence-corrected chi connectivity index (χ3v) is 5.65. The number of halogens is 2. The lowest BCUT2D eigenvalue weighted by molar-refractivity contribution is 0.616. The highest BCUT2D eigenvalue weighted by Crippen LogP contribution is 2.28. The van der Waals surface area contributed by atoms with Crippen molar-refractivity contribution < 1.29 is 4.39 Å². The van der Waals surface area contributed by atoms with Gasteiger partial charge in [0, 0.05) is 28.7 Å². The van der Waals surface area contributed by atoms with Gasteiger partial charge >= 0.3 is 0 Å². The van der Waals surface area contributed by atoms with Crippen molar-refractivity contribution in [3.05, 3.63) is 99.3 Å². The summed E-state index contributed by atoms with van der Waals surface area (Å²) in [5.41, 5.74) is 1.74. The van der Waals surface area contributed by atoms with Crippen LogP contribution in [0.5, 0.6) is 0 Å². The zero-order valence-electron chi connectivity index (χ0n) is 14.7. The molecule has 0 fully saturated rings. The average Bonchev–Trinajstić information content (AvgIpc) is 2.71. The van der Waals surface area contributed by atoms with Crippen molar-refractivity contribution in [2.45, 2.75) is 17.5 Å². The summed E-state index contributed by atoms with van der Waals surface area (Å²) in [7, 11) is 0. The van der Waals surface area contributed by atoms with Crippen molar-refractivity contribution in [2.75, 3.05) is 0 Å². The van der Waals surface area contributed by atoms with Gasteiger partial charge in [-0.15, -0.1) is 0 Å². The summed E-state index contributed by atoms with van der Waals surface area (Å²) in [5.74, 6) is -0.106. The second-order valence-electron chi connectivity index (χ2n) is 6.15. The van der Waals surface area contributed by atoms with E-state index in [4.69, 9.17) is 11.6 Å². The molecule has 0 atom stereocenters. The predicted octanol–water partition coefficient (Wildman–Crippen LogP) is 4.92. The van der Waals surface area contributed by atoms with Crippen LogP contribution in [0.4, 0.5) is 4.39 Å². The molecule has 0 saturated carbocycles. The summed E-state index contributed by atoms with van der Waals surface area (Å²) >= 11 is 7.42. The third-order valence-electron chi connectivity index (χ3n) is 4.30. The number of fused-ring (bicyclic) bond motifs is 1. The van der Waals surface area contributed by atoms with Crippen LogP contribution >= 0.6 is 23.4 Å². The van der Waals surface area contributed by atoms with Crippen molar-refractivity contribution in [2.24, 2.45) is 0 Å². The van der Waals surface area contributed by atoms with E-state index in [1.165, 1.54) is 17.8 Å². The van der Waals surface area contributed by atoms with Crippen molar-refractivity contribution in [3.63, 3.8) is 0 Å². The summed E-state index contributed by atoms with van der Waals surface area (Å²) in [6.07, 6.45) is 3.39. The van der Waals surface area contributed by atoms with Gasteiger partial charge in [-0.3, -0.25) is 14.3 Å². The van der Waals surface area contributed by atoms with Gasteiger partial charge in [0.2, 0.25) is 0 Å². The fraction of sp³-hybridized carbons (Fsp3) is 0.0952. The number of thioether (sulfide) groups is 1. The van der Waals surface area contributed by atoms with Gasteiger partial charge in [0.15, 0.2) is 5.16 Å². The maximum Gasteiger partial charge on any atom is 0.262 e. The van der Waals surface area contributed by atoms with E-state index in [2.05, 4.69) is 9.97 Å². The highest BCUT2D eigenvalue weighted by atomic mass is 35.5. The molecule has 0 N–H and O–H groups in total. The van der Waals surface area contributed by atoms with Crippen LogP contribution in [0.1, 0.15) is 11.1 Å². The molecular weight excluding hydrogens is 397 g/mol. The summed E-state index contributed by atoms with van der Waals surface area (Å²) in [5, 5.41) is 1.40. The number of aromatic nitrogens is 3. The maximum atomic E-state index is 14.1. The Kier molecular flexibility index (Phi) is 5.41. The molecule has 0 unspecified atom stereocenters. The molecule has 2 aromatic heterocycles. The van der Waals surface area contributed by atoms with E-state index in [1.807, 2.05) is 24.3 Å². The minimum atomic E-state index is -0.373. The van der Waals surface area contributed by atoms with Gasteiger partial charge in [-0.1, -0.05) is 47.6 Å². The van der Waals surface area contributed by atoms with Crippen LogP contribution < -0.4 is 5.56 Å². The Morgan fingerprint density at radius 3 is 2.71 bits per heavy atom. The Hall–Kier alpha value is -2.70. The number of rotatable bonds is 5. The van der Waals surface area contributed by atoms with Gasteiger partial charge < -0.3 is 0 Å². The molecule has 0 saturated heterocycles. The van der Waals surface area contributed by atoms with E-state index in [0.29, 0.717) is 33.2 Å². The fourth-order valence-corrected chi connectivity index (χ4v) is 4.22. The molecule has 0 spiro atoms. The lowest BCUT2D eigenvalue weighted by Gasteiger charge is -2.13. The van der Waals surface area contributed by atoms with Crippen molar-refractivity contribution in [1.29, 1.82) is 0 Å². The van der Waals surface area contributed by atoms with E-state index >= 15 is 0 Å². The number of hydrogen-bond acceptors (Lipinski definition) is 4. The Bertz CT molecular complexity index is 1180. The van der Waals surface area contributed by atoms with E-state index in [-0.39, 0.29) is 17.1 Å². The first-order valence-electron chi connectivity index (χ1n) is 8.57. The number of hydrogen-bond donors (Lipinski definition) is 0. The molecule has 2 aromatic carbocycles. The van der Waals surface area contributed by atoms with Crippen molar-refractivity contribution in [3.8, 4) is 0 Å². The van der Waals surface area contributed by atoms with Crippen LogP contribution in [0.3, 0.4) is 0 Å². The lowest BCUT2D eigenvalue weighted by atomic mass is 10.2. The second-order valence-corrected chi connectivity index (χ2v) is 7.50. The Balaban J connectivity index is 1.77. The van der Waals surface area contributed by atoms with Gasteiger partial charge in [-0.2, -0.15) is 0 Å². The molecule has 0 bridgehead atoms. The molecule has 4 rings (SSSR count). The Morgan fingerprint density at radius 2 is 1.93 bits per heavy atom. The van der Waals surface area contributed by atoms with Gasteiger partial charge in [0.1, 0.15) is 5.82 Å². The molecule has 0 aliphatic rings. The Labute approximate surface area is 170 Å². The standard InChI is InChI=1S/C21H15ClFN3OS/c22-17-7-3-8-18(23)16(17)13-28-21-25-19-9-2-1-6-15(19)20(27)26(21)12-14-5-4-10-24-11-14/h1-11H,12-13H2. The van der Waals surface area contributed by atoms with Gasteiger partial charge in [0.25, 0.3) is 5.56 Å². The van der Waals surface area contributed by atoms with Gasteiger partial charge in [0.05, 0.1) is 17.4 Å². The van der Waals surface area contributed by atoms with E-state index < -0.39 is 0 Å². The van der Waals surface area contributed by atoms with Crippen LogP contribution in [-0.2, 0) is 12.3 Å². The smallest absolute Gasteiger partial charge is 0.262 e. The minimum Gasteiger partial charge on any atom is -0.283 e. The first-order valence-corrected chi connectivity index (χ1v) is 9.94.